The molecule has 0 aliphatic heterocycles. The number of ether oxygens (including phenoxy) is 1. The van der Waals surface area contributed by atoms with Crippen molar-refractivity contribution in [1.29, 1.82) is 0 Å². The quantitative estimate of drug-likeness (QED) is 0.843. The summed E-state index contributed by atoms with van der Waals surface area (Å²) < 4.78 is 17.9. The Hall–Kier alpha value is -1.91. The number of halogens is 1. The molecule has 0 aliphatic rings. The van der Waals surface area contributed by atoms with Crippen molar-refractivity contribution < 1.29 is 18.7 Å². The molecule has 20 heavy (non-hydrogen) atoms. The van der Waals surface area contributed by atoms with Gasteiger partial charge in [-0.25, -0.2) is 9.18 Å². The van der Waals surface area contributed by atoms with Crippen LogP contribution in [-0.4, -0.2) is 25.0 Å². The monoisotopic (exact) mass is 281 g/mol. The van der Waals surface area contributed by atoms with Gasteiger partial charge in [0.2, 0.25) is 0 Å². The van der Waals surface area contributed by atoms with Gasteiger partial charge in [-0.3, -0.25) is 4.79 Å². The summed E-state index contributed by atoms with van der Waals surface area (Å²) in [7, 11) is 1.27. The average molecular weight is 281 g/mol. The van der Waals surface area contributed by atoms with Gasteiger partial charge in [0.25, 0.3) is 5.91 Å². The highest BCUT2D eigenvalue weighted by Crippen LogP contribution is 2.12. The van der Waals surface area contributed by atoms with Crippen LogP contribution in [0.2, 0.25) is 0 Å². The van der Waals surface area contributed by atoms with Crippen LogP contribution in [0.3, 0.4) is 0 Å². The van der Waals surface area contributed by atoms with Crippen LogP contribution in [0.1, 0.15) is 36.2 Å². The largest absolute Gasteiger partial charge is 0.467 e. The summed E-state index contributed by atoms with van der Waals surface area (Å²) in [5.41, 5.74) is 0.875. The molecule has 1 aromatic carbocycles. The fourth-order valence-corrected chi connectivity index (χ4v) is 1.90. The maximum Gasteiger partial charge on any atom is 0.328 e. The maximum atomic E-state index is 13.2. The molecule has 0 aliphatic carbocycles. The minimum absolute atomic E-state index is 0.216. The third kappa shape index (κ3) is 4.33. The van der Waals surface area contributed by atoms with Gasteiger partial charge in [-0.15, -0.1) is 0 Å². The maximum absolute atomic E-state index is 13.2. The summed E-state index contributed by atoms with van der Waals surface area (Å²) in [6.45, 7) is 5.59. The number of carbonyl (C=O) groups is 2. The van der Waals surface area contributed by atoms with Crippen LogP contribution in [0, 0.1) is 18.7 Å². The van der Waals surface area contributed by atoms with Gasteiger partial charge in [0, 0.05) is 5.56 Å². The third-order valence-electron chi connectivity index (χ3n) is 2.94. The highest BCUT2D eigenvalue weighted by molar-refractivity contribution is 5.97. The summed E-state index contributed by atoms with van der Waals surface area (Å²) >= 11 is 0. The van der Waals surface area contributed by atoms with E-state index in [1.165, 1.54) is 19.2 Å². The number of hydrogen-bond donors (Lipinski definition) is 1. The van der Waals surface area contributed by atoms with Crippen molar-refractivity contribution >= 4 is 11.9 Å². The first-order valence-electron chi connectivity index (χ1n) is 6.50. The summed E-state index contributed by atoms with van der Waals surface area (Å²) in [6.07, 6.45) is 0.465. The first kappa shape index (κ1) is 16.1. The van der Waals surface area contributed by atoms with E-state index in [9.17, 15) is 14.0 Å². The van der Waals surface area contributed by atoms with Gasteiger partial charge in [0.1, 0.15) is 11.9 Å². The van der Waals surface area contributed by atoms with Crippen molar-refractivity contribution in [3.05, 3.63) is 35.1 Å². The minimum atomic E-state index is -0.727. The molecule has 1 aromatic rings. The van der Waals surface area contributed by atoms with Gasteiger partial charge in [0.05, 0.1) is 7.11 Å². The predicted octanol–water partition coefficient (Wildman–Crippen LogP) is 2.45. The van der Waals surface area contributed by atoms with Crippen LogP contribution in [0.15, 0.2) is 18.2 Å². The van der Waals surface area contributed by atoms with Gasteiger partial charge in [-0.2, -0.15) is 0 Å². The topological polar surface area (TPSA) is 55.4 Å². The normalized spacial score (nSPS) is 12.1. The van der Waals surface area contributed by atoms with E-state index in [1.807, 2.05) is 13.8 Å². The van der Waals surface area contributed by atoms with Crippen LogP contribution in [-0.2, 0) is 9.53 Å². The zero-order chi connectivity index (χ0) is 15.3. The Bertz CT molecular complexity index is 500. The number of methoxy groups -OCH3 is 1. The molecule has 1 unspecified atom stereocenters. The second-order valence-corrected chi connectivity index (χ2v) is 5.14. The lowest BCUT2D eigenvalue weighted by atomic mass is 10.0. The zero-order valence-electron chi connectivity index (χ0n) is 12.2. The molecule has 0 radical (unpaired) electrons. The zero-order valence-corrected chi connectivity index (χ0v) is 12.2. The summed E-state index contributed by atoms with van der Waals surface area (Å²) in [5, 5.41) is 2.60. The number of esters is 1. The summed E-state index contributed by atoms with van der Waals surface area (Å²) in [4.78, 5) is 23.8. The smallest absolute Gasteiger partial charge is 0.328 e. The predicted molar refractivity (Wildman–Crippen MR) is 73.9 cm³/mol. The molecule has 5 heteroatoms. The lowest BCUT2D eigenvalue weighted by Crippen LogP contribution is -2.42. The standard InChI is InChI=1S/C15H20FNO3/c1-9(2)7-13(15(19)20-4)17-14(18)12-8-11(16)6-5-10(12)3/h5-6,8-9,13H,7H2,1-4H3,(H,17,18). The van der Waals surface area contributed by atoms with Crippen LogP contribution in [0.5, 0.6) is 0 Å². The Labute approximate surface area is 118 Å². The molecule has 110 valence electrons. The number of benzene rings is 1. The number of rotatable bonds is 5. The van der Waals surface area contributed by atoms with Crippen LogP contribution >= 0.6 is 0 Å². The van der Waals surface area contributed by atoms with Gasteiger partial charge in [-0.05, 0) is 37.0 Å². The first-order chi connectivity index (χ1) is 9.35. The van der Waals surface area contributed by atoms with Gasteiger partial charge >= 0.3 is 5.97 Å². The Morgan fingerprint density at radius 3 is 2.55 bits per heavy atom. The number of amides is 1. The SMILES string of the molecule is COC(=O)C(CC(C)C)NC(=O)c1cc(F)ccc1C. The fourth-order valence-electron chi connectivity index (χ4n) is 1.90. The fraction of sp³-hybridized carbons (Fsp3) is 0.467. The second kappa shape index (κ2) is 7.03. The van der Waals surface area contributed by atoms with E-state index in [4.69, 9.17) is 0 Å². The van der Waals surface area contributed by atoms with E-state index in [2.05, 4.69) is 10.1 Å². The average Bonchev–Trinajstić information content (AvgIpc) is 2.39. The van der Waals surface area contributed by atoms with Crippen molar-refractivity contribution in [3.63, 3.8) is 0 Å². The molecule has 4 nitrogen and oxygen atoms in total. The first-order valence-corrected chi connectivity index (χ1v) is 6.50. The molecule has 0 saturated carbocycles. The van der Waals surface area contributed by atoms with E-state index in [1.54, 1.807) is 6.92 Å². The van der Waals surface area contributed by atoms with E-state index in [0.29, 0.717) is 12.0 Å². The lowest BCUT2D eigenvalue weighted by Gasteiger charge is -2.18. The minimum Gasteiger partial charge on any atom is -0.467 e. The molecule has 0 saturated heterocycles. The van der Waals surface area contributed by atoms with Crippen molar-refractivity contribution in [2.24, 2.45) is 5.92 Å². The Balaban J connectivity index is 2.90. The van der Waals surface area contributed by atoms with Crippen LogP contribution in [0.25, 0.3) is 0 Å². The highest BCUT2D eigenvalue weighted by Gasteiger charge is 2.23. The second-order valence-electron chi connectivity index (χ2n) is 5.14. The molecule has 1 N–H and O–H groups in total. The van der Waals surface area contributed by atoms with Crippen molar-refractivity contribution in [2.45, 2.75) is 33.2 Å². The molecule has 0 fully saturated rings. The summed E-state index contributed by atoms with van der Waals surface area (Å²) in [6, 6.07) is 3.25. The number of hydrogen-bond acceptors (Lipinski definition) is 3. The number of aryl methyl sites for hydroxylation is 1. The Kier molecular flexibility index (Phi) is 5.67. The highest BCUT2D eigenvalue weighted by atomic mass is 19.1. The third-order valence-corrected chi connectivity index (χ3v) is 2.94. The van der Waals surface area contributed by atoms with E-state index in [-0.39, 0.29) is 11.5 Å². The van der Waals surface area contributed by atoms with E-state index in [0.717, 1.165) is 6.07 Å². The Morgan fingerprint density at radius 1 is 1.35 bits per heavy atom. The van der Waals surface area contributed by atoms with Gasteiger partial charge in [-0.1, -0.05) is 19.9 Å². The van der Waals surface area contributed by atoms with Crippen LogP contribution in [0.4, 0.5) is 4.39 Å². The van der Waals surface area contributed by atoms with E-state index < -0.39 is 23.7 Å². The number of carbonyl (C=O) groups excluding carboxylic acids is 2. The van der Waals surface area contributed by atoms with Crippen molar-refractivity contribution in [2.75, 3.05) is 7.11 Å². The van der Waals surface area contributed by atoms with Crippen molar-refractivity contribution in [3.8, 4) is 0 Å². The van der Waals surface area contributed by atoms with Crippen molar-refractivity contribution in [1.82, 2.24) is 5.32 Å². The molecule has 0 heterocycles. The van der Waals surface area contributed by atoms with Gasteiger partial charge in [0.15, 0.2) is 0 Å². The molecule has 1 atom stereocenters. The molecular formula is C15H20FNO3. The Morgan fingerprint density at radius 2 is 2.00 bits per heavy atom. The molecule has 0 aromatic heterocycles. The molecular weight excluding hydrogens is 261 g/mol. The van der Waals surface area contributed by atoms with E-state index >= 15 is 0 Å². The number of nitrogens with one attached hydrogen (secondary N) is 1. The van der Waals surface area contributed by atoms with Gasteiger partial charge < -0.3 is 10.1 Å². The molecule has 0 spiro atoms. The molecule has 0 bridgehead atoms. The summed E-state index contributed by atoms with van der Waals surface area (Å²) in [5.74, 6) is -1.24. The van der Waals surface area contributed by atoms with Crippen LogP contribution < -0.4 is 5.32 Å². The molecule has 1 rings (SSSR count). The lowest BCUT2D eigenvalue weighted by molar-refractivity contribution is -0.143. The molecule has 1 amide bonds.